The highest BCUT2D eigenvalue weighted by Crippen LogP contribution is 2.45. The molecule has 1 aromatic heterocycles. The average molecular weight is 547 g/mol. The van der Waals surface area contributed by atoms with Gasteiger partial charge in [0.1, 0.15) is 16.4 Å². The molecule has 0 spiro atoms. The topological polar surface area (TPSA) is 106 Å². The van der Waals surface area contributed by atoms with Gasteiger partial charge < -0.3 is 14.6 Å². The van der Waals surface area contributed by atoms with Gasteiger partial charge >= 0.3 is 11.9 Å². The number of carbonyl (C=O) groups excluding carboxylic acids is 3. The van der Waals surface area contributed by atoms with E-state index in [2.05, 4.69) is 4.98 Å². The van der Waals surface area contributed by atoms with Gasteiger partial charge in [0.15, 0.2) is 5.13 Å². The Morgan fingerprint density at radius 3 is 2.58 bits per heavy atom. The van der Waals surface area contributed by atoms with Crippen LogP contribution in [0.25, 0.3) is 5.76 Å². The van der Waals surface area contributed by atoms with Crippen molar-refractivity contribution in [1.82, 2.24) is 4.98 Å². The van der Waals surface area contributed by atoms with Crippen molar-refractivity contribution in [1.29, 1.82) is 0 Å². The smallest absolute Gasteiger partial charge is 0.350 e. The van der Waals surface area contributed by atoms with Crippen LogP contribution in [-0.4, -0.2) is 41.5 Å². The van der Waals surface area contributed by atoms with Crippen LogP contribution in [0.5, 0.6) is 5.75 Å². The van der Waals surface area contributed by atoms with Crippen LogP contribution >= 0.6 is 34.5 Å². The number of aryl methyl sites for hydroxylation is 1. The van der Waals surface area contributed by atoms with Crippen LogP contribution in [0, 0.1) is 6.92 Å². The summed E-state index contributed by atoms with van der Waals surface area (Å²) >= 11 is 13.3. The number of aromatic nitrogens is 1. The molecule has 1 fully saturated rings. The highest BCUT2D eigenvalue weighted by Gasteiger charge is 2.48. The largest absolute Gasteiger partial charge is 0.507 e. The molecule has 0 saturated carbocycles. The lowest BCUT2D eigenvalue weighted by atomic mass is 9.95. The van der Waals surface area contributed by atoms with Gasteiger partial charge in [0.25, 0.3) is 5.78 Å². The first-order valence-corrected chi connectivity index (χ1v) is 12.3. The second-order valence-electron chi connectivity index (χ2n) is 7.71. The van der Waals surface area contributed by atoms with Crippen molar-refractivity contribution in [3.05, 3.63) is 79.8 Å². The highest BCUT2D eigenvalue weighted by atomic mass is 35.5. The van der Waals surface area contributed by atoms with E-state index in [9.17, 15) is 19.5 Å². The molecule has 1 aliphatic rings. The van der Waals surface area contributed by atoms with E-state index < -0.39 is 29.5 Å². The number of thiazole rings is 1. The number of amides is 1. The maximum absolute atomic E-state index is 13.3. The number of rotatable bonds is 6. The van der Waals surface area contributed by atoms with Crippen molar-refractivity contribution < 1.29 is 29.0 Å². The van der Waals surface area contributed by atoms with E-state index in [1.54, 1.807) is 44.2 Å². The molecular formula is C25H20Cl2N2O6S. The SMILES string of the molecule is CCOC(=O)c1sc(N2C(=O)C(=O)C(=C(O)c3cccc(OC)c3)C2c2ccc(Cl)c(Cl)c2)nc1C. The molecule has 1 aliphatic heterocycles. The summed E-state index contributed by atoms with van der Waals surface area (Å²) in [6.07, 6.45) is 0. The van der Waals surface area contributed by atoms with Crippen LogP contribution in [-0.2, 0) is 14.3 Å². The number of hydrogen-bond donors (Lipinski definition) is 1. The quantitative estimate of drug-likeness (QED) is 0.186. The molecule has 8 nitrogen and oxygen atoms in total. The van der Waals surface area contributed by atoms with Gasteiger partial charge in [-0.25, -0.2) is 9.78 Å². The van der Waals surface area contributed by atoms with E-state index in [1.165, 1.54) is 19.2 Å². The molecule has 2 heterocycles. The minimum Gasteiger partial charge on any atom is -0.507 e. The average Bonchev–Trinajstić information content (AvgIpc) is 3.37. The first kappa shape index (κ1) is 25.7. The van der Waals surface area contributed by atoms with E-state index in [4.69, 9.17) is 32.7 Å². The lowest BCUT2D eigenvalue weighted by Crippen LogP contribution is -2.29. The van der Waals surface area contributed by atoms with Crippen molar-refractivity contribution in [2.24, 2.45) is 0 Å². The third kappa shape index (κ3) is 4.57. The van der Waals surface area contributed by atoms with Gasteiger partial charge in [-0.15, -0.1) is 0 Å². The first-order chi connectivity index (χ1) is 17.2. The molecule has 1 N–H and O–H groups in total. The zero-order chi connectivity index (χ0) is 26.1. The van der Waals surface area contributed by atoms with Crippen LogP contribution in [0.15, 0.2) is 48.0 Å². The fourth-order valence-corrected chi connectivity index (χ4v) is 5.12. The van der Waals surface area contributed by atoms with Crippen molar-refractivity contribution in [3.8, 4) is 5.75 Å². The number of ether oxygens (including phenoxy) is 2. The molecule has 1 saturated heterocycles. The molecular weight excluding hydrogens is 527 g/mol. The number of aliphatic hydroxyl groups excluding tert-OH is 1. The number of methoxy groups -OCH3 is 1. The van der Waals surface area contributed by atoms with Gasteiger partial charge in [-0.05, 0) is 43.7 Å². The normalized spacial score (nSPS) is 16.9. The number of nitrogens with zero attached hydrogens (tertiary/aromatic N) is 2. The maximum Gasteiger partial charge on any atom is 0.350 e. The summed E-state index contributed by atoms with van der Waals surface area (Å²) in [6.45, 7) is 3.45. The Balaban J connectivity index is 1.94. The van der Waals surface area contributed by atoms with Gasteiger partial charge in [-0.1, -0.05) is 52.7 Å². The Kier molecular flexibility index (Phi) is 7.35. The number of hydrogen-bond acceptors (Lipinski definition) is 8. The van der Waals surface area contributed by atoms with Gasteiger partial charge in [0, 0.05) is 5.56 Å². The molecule has 1 unspecified atom stereocenters. The summed E-state index contributed by atoms with van der Waals surface area (Å²) in [5.74, 6) is -2.37. The van der Waals surface area contributed by atoms with Crippen LogP contribution < -0.4 is 9.64 Å². The molecule has 36 heavy (non-hydrogen) atoms. The van der Waals surface area contributed by atoms with Crippen molar-refractivity contribution in [2.45, 2.75) is 19.9 Å². The van der Waals surface area contributed by atoms with E-state index in [0.29, 0.717) is 17.0 Å². The van der Waals surface area contributed by atoms with Crippen molar-refractivity contribution >= 4 is 63.1 Å². The molecule has 1 atom stereocenters. The molecule has 0 radical (unpaired) electrons. The lowest BCUT2D eigenvalue weighted by molar-refractivity contribution is -0.132. The minimum atomic E-state index is -1.09. The number of ketones is 1. The van der Waals surface area contributed by atoms with Crippen molar-refractivity contribution in [3.63, 3.8) is 0 Å². The Morgan fingerprint density at radius 2 is 1.92 bits per heavy atom. The summed E-state index contributed by atoms with van der Waals surface area (Å²) < 4.78 is 10.3. The minimum absolute atomic E-state index is 0.0958. The summed E-state index contributed by atoms with van der Waals surface area (Å²) in [5.41, 5.74) is 0.867. The van der Waals surface area contributed by atoms with Crippen LogP contribution in [0.1, 0.15) is 39.5 Å². The van der Waals surface area contributed by atoms with Crippen LogP contribution in [0.4, 0.5) is 5.13 Å². The van der Waals surface area contributed by atoms with Crippen LogP contribution in [0.3, 0.4) is 0 Å². The number of benzene rings is 2. The number of Topliss-reactive ketones (excluding diaryl/α,β-unsaturated/α-hetero) is 1. The highest BCUT2D eigenvalue weighted by molar-refractivity contribution is 7.17. The fraction of sp³-hybridized carbons (Fsp3) is 0.200. The molecule has 0 aliphatic carbocycles. The standard InChI is InChI=1S/C25H20Cl2N2O6S/c1-4-35-24(33)22-12(2)28-25(36-22)29-19(13-8-9-16(26)17(27)11-13)18(21(31)23(29)32)20(30)14-6-5-7-15(10-14)34-3/h5-11,19,30H,4H2,1-3H3. The molecule has 186 valence electrons. The molecule has 11 heteroatoms. The van der Waals surface area contributed by atoms with E-state index in [-0.39, 0.29) is 37.8 Å². The van der Waals surface area contributed by atoms with Gasteiger partial charge in [-0.3, -0.25) is 14.5 Å². The monoisotopic (exact) mass is 546 g/mol. The summed E-state index contributed by atoms with van der Waals surface area (Å²) in [7, 11) is 1.47. The molecule has 0 bridgehead atoms. The first-order valence-electron chi connectivity index (χ1n) is 10.7. The Labute approximate surface area is 220 Å². The molecule has 4 rings (SSSR count). The third-order valence-electron chi connectivity index (χ3n) is 5.50. The van der Waals surface area contributed by atoms with E-state index in [0.717, 1.165) is 16.2 Å². The second kappa shape index (κ2) is 10.3. The third-order valence-corrected chi connectivity index (χ3v) is 7.37. The predicted molar refractivity (Wildman–Crippen MR) is 137 cm³/mol. The van der Waals surface area contributed by atoms with Crippen LogP contribution in [0.2, 0.25) is 10.0 Å². The number of carbonyl (C=O) groups is 3. The number of halogens is 2. The van der Waals surface area contributed by atoms with E-state index >= 15 is 0 Å². The number of aliphatic hydroxyl groups is 1. The van der Waals surface area contributed by atoms with Gasteiger partial charge in [0.05, 0.1) is 41.1 Å². The zero-order valence-electron chi connectivity index (χ0n) is 19.4. The summed E-state index contributed by atoms with van der Waals surface area (Å²) in [6, 6.07) is 10.0. The lowest BCUT2D eigenvalue weighted by Gasteiger charge is -2.23. The van der Waals surface area contributed by atoms with Gasteiger partial charge in [-0.2, -0.15) is 0 Å². The van der Waals surface area contributed by atoms with E-state index in [1.807, 2.05) is 0 Å². The molecule has 1 amide bonds. The Hall–Kier alpha value is -3.40. The second-order valence-corrected chi connectivity index (χ2v) is 9.50. The maximum atomic E-state index is 13.3. The zero-order valence-corrected chi connectivity index (χ0v) is 21.7. The Bertz CT molecular complexity index is 1420. The number of esters is 1. The number of anilines is 1. The molecule has 3 aromatic rings. The van der Waals surface area contributed by atoms with Gasteiger partial charge in [0.2, 0.25) is 0 Å². The molecule has 2 aromatic carbocycles. The Morgan fingerprint density at radius 1 is 1.17 bits per heavy atom. The predicted octanol–water partition coefficient (Wildman–Crippen LogP) is 5.57. The summed E-state index contributed by atoms with van der Waals surface area (Å²) in [4.78, 5) is 44.7. The fourth-order valence-electron chi connectivity index (χ4n) is 3.82. The van der Waals surface area contributed by atoms with Crippen molar-refractivity contribution in [2.75, 3.05) is 18.6 Å². The summed E-state index contributed by atoms with van der Waals surface area (Å²) in [5, 5.41) is 11.8.